The number of benzene rings is 2. The van der Waals surface area contributed by atoms with Gasteiger partial charge in [-0.05, 0) is 24.3 Å². The number of carbonyl (C=O) groups excluding carboxylic acids is 1. The summed E-state index contributed by atoms with van der Waals surface area (Å²) in [5, 5.41) is 0. The highest BCUT2D eigenvalue weighted by atomic mass is 19.2. The third-order valence-corrected chi connectivity index (χ3v) is 5.14. The molecule has 6 heteroatoms. The Morgan fingerprint density at radius 2 is 1.77 bits per heavy atom. The van der Waals surface area contributed by atoms with Crippen LogP contribution < -0.4 is 4.74 Å². The van der Waals surface area contributed by atoms with Crippen LogP contribution in [0.1, 0.15) is 28.4 Å². The van der Waals surface area contributed by atoms with Crippen molar-refractivity contribution in [1.29, 1.82) is 0 Å². The van der Waals surface area contributed by atoms with E-state index in [4.69, 9.17) is 4.74 Å². The minimum atomic E-state index is -0.992. The smallest absolute Gasteiger partial charge is 0.254 e. The van der Waals surface area contributed by atoms with E-state index >= 15 is 0 Å². The first-order chi connectivity index (χ1) is 12.6. The summed E-state index contributed by atoms with van der Waals surface area (Å²) in [6.07, 6.45) is 0.925. The summed E-state index contributed by atoms with van der Waals surface area (Å²) < 4.78 is 32.2. The molecule has 4 nitrogen and oxygen atoms in total. The third-order valence-electron chi connectivity index (χ3n) is 5.14. The van der Waals surface area contributed by atoms with Crippen molar-refractivity contribution in [3.8, 4) is 5.75 Å². The van der Waals surface area contributed by atoms with Crippen LogP contribution in [0.3, 0.4) is 0 Å². The quantitative estimate of drug-likeness (QED) is 0.826. The van der Waals surface area contributed by atoms with Crippen molar-refractivity contribution < 1.29 is 18.3 Å². The molecule has 0 N–H and O–H groups in total. The molecule has 1 unspecified atom stereocenters. The molecule has 26 heavy (non-hydrogen) atoms. The van der Waals surface area contributed by atoms with Gasteiger partial charge in [0.25, 0.3) is 5.91 Å². The summed E-state index contributed by atoms with van der Waals surface area (Å²) in [7, 11) is 0. The van der Waals surface area contributed by atoms with Gasteiger partial charge in [-0.3, -0.25) is 9.69 Å². The second-order valence-electron chi connectivity index (χ2n) is 6.65. The number of hydrogen-bond acceptors (Lipinski definition) is 3. The van der Waals surface area contributed by atoms with E-state index in [-0.39, 0.29) is 11.5 Å². The SMILES string of the molecule is O=C(c1ccc(F)c(F)c1)N1CCN(C2CCOc3ccccc32)CC1. The predicted octanol–water partition coefficient (Wildman–Crippen LogP) is 3.25. The van der Waals surface area contributed by atoms with Crippen LogP contribution in [0.15, 0.2) is 42.5 Å². The van der Waals surface area contributed by atoms with Crippen LogP contribution in [0.2, 0.25) is 0 Å². The van der Waals surface area contributed by atoms with E-state index in [0.717, 1.165) is 37.4 Å². The van der Waals surface area contributed by atoms with Crippen molar-refractivity contribution in [2.75, 3.05) is 32.8 Å². The molecule has 1 saturated heterocycles. The summed E-state index contributed by atoms with van der Waals surface area (Å²) in [4.78, 5) is 16.6. The van der Waals surface area contributed by atoms with Gasteiger partial charge in [0.05, 0.1) is 6.61 Å². The highest BCUT2D eigenvalue weighted by Crippen LogP contribution is 2.36. The molecule has 0 spiro atoms. The molecule has 2 aromatic carbocycles. The molecule has 2 heterocycles. The Labute approximate surface area is 151 Å². The van der Waals surface area contributed by atoms with Crippen molar-refractivity contribution in [2.45, 2.75) is 12.5 Å². The summed E-state index contributed by atoms with van der Waals surface area (Å²) in [6, 6.07) is 11.7. The first-order valence-corrected chi connectivity index (χ1v) is 8.83. The van der Waals surface area contributed by atoms with E-state index < -0.39 is 11.6 Å². The minimum absolute atomic E-state index is 0.189. The second kappa shape index (κ2) is 7.03. The molecule has 1 amide bonds. The highest BCUT2D eigenvalue weighted by molar-refractivity contribution is 5.94. The van der Waals surface area contributed by atoms with E-state index in [2.05, 4.69) is 11.0 Å². The number of carbonyl (C=O) groups is 1. The highest BCUT2D eigenvalue weighted by Gasteiger charge is 2.31. The molecule has 1 atom stereocenters. The van der Waals surface area contributed by atoms with Crippen LogP contribution in [0, 0.1) is 11.6 Å². The number of halogens is 2. The standard InChI is InChI=1S/C20H20F2N2O2/c21-16-6-5-14(13-17(16)22)20(25)24-10-8-23(9-11-24)18-7-12-26-19-4-2-1-3-15(18)19/h1-6,13,18H,7-12H2. The normalized spacial score (nSPS) is 20.4. The van der Waals surface area contributed by atoms with Gasteiger partial charge in [0.1, 0.15) is 5.75 Å². The molecule has 4 rings (SSSR count). The van der Waals surface area contributed by atoms with Gasteiger partial charge in [-0.15, -0.1) is 0 Å². The maximum Gasteiger partial charge on any atom is 0.254 e. The van der Waals surface area contributed by atoms with Crippen molar-refractivity contribution in [3.05, 3.63) is 65.2 Å². The Morgan fingerprint density at radius 3 is 2.54 bits per heavy atom. The number of hydrogen-bond donors (Lipinski definition) is 0. The van der Waals surface area contributed by atoms with Crippen LogP contribution in [0.4, 0.5) is 8.78 Å². The first kappa shape index (κ1) is 17.0. The summed E-state index contributed by atoms with van der Waals surface area (Å²) >= 11 is 0. The topological polar surface area (TPSA) is 32.8 Å². The lowest BCUT2D eigenvalue weighted by atomic mass is 9.98. The molecule has 1 fully saturated rings. The Kier molecular flexibility index (Phi) is 4.59. The monoisotopic (exact) mass is 358 g/mol. The lowest BCUT2D eigenvalue weighted by molar-refractivity contribution is 0.0510. The Morgan fingerprint density at radius 1 is 1.00 bits per heavy atom. The molecule has 0 aliphatic carbocycles. The van der Waals surface area contributed by atoms with E-state index in [0.29, 0.717) is 25.7 Å². The maximum atomic E-state index is 13.4. The van der Waals surface area contributed by atoms with Gasteiger partial charge in [0, 0.05) is 49.8 Å². The van der Waals surface area contributed by atoms with E-state index in [1.807, 2.05) is 18.2 Å². The molecule has 2 aliphatic heterocycles. The second-order valence-corrected chi connectivity index (χ2v) is 6.65. The average Bonchev–Trinajstić information content (AvgIpc) is 2.69. The largest absolute Gasteiger partial charge is 0.493 e. The Bertz CT molecular complexity index is 819. The molecule has 2 aliphatic rings. The van der Waals surface area contributed by atoms with Crippen molar-refractivity contribution in [3.63, 3.8) is 0 Å². The third kappa shape index (κ3) is 3.17. The lowest BCUT2D eigenvalue weighted by Crippen LogP contribution is -2.50. The lowest BCUT2D eigenvalue weighted by Gasteiger charge is -2.41. The Balaban J connectivity index is 1.43. The summed E-state index contributed by atoms with van der Waals surface area (Å²) in [6.45, 7) is 3.31. The molecule has 136 valence electrons. The van der Waals surface area contributed by atoms with Crippen molar-refractivity contribution in [2.24, 2.45) is 0 Å². The fourth-order valence-electron chi connectivity index (χ4n) is 3.75. The van der Waals surface area contributed by atoms with Crippen LogP contribution in [-0.4, -0.2) is 48.5 Å². The number of amides is 1. The van der Waals surface area contributed by atoms with Crippen LogP contribution in [0.5, 0.6) is 5.75 Å². The Hall–Kier alpha value is -2.47. The number of piperazine rings is 1. The molecular formula is C20H20F2N2O2. The van der Waals surface area contributed by atoms with Gasteiger partial charge in [0.15, 0.2) is 11.6 Å². The van der Waals surface area contributed by atoms with E-state index in [1.54, 1.807) is 4.90 Å². The molecule has 0 saturated carbocycles. The average molecular weight is 358 g/mol. The minimum Gasteiger partial charge on any atom is -0.493 e. The fourth-order valence-corrected chi connectivity index (χ4v) is 3.75. The first-order valence-electron chi connectivity index (χ1n) is 8.83. The number of para-hydroxylation sites is 1. The zero-order valence-corrected chi connectivity index (χ0v) is 14.3. The zero-order valence-electron chi connectivity index (χ0n) is 14.3. The summed E-state index contributed by atoms with van der Waals surface area (Å²) in [5.41, 5.74) is 1.38. The number of fused-ring (bicyclic) bond motifs is 1. The van der Waals surface area contributed by atoms with Gasteiger partial charge in [-0.1, -0.05) is 18.2 Å². The summed E-state index contributed by atoms with van der Waals surface area (Å²) in [5.74, 6) is -1.25. The van der Waals surface area contributed by atoms with E-state index in [9.17, 15) is 13.6 Å². The number of rotatable bonds is 2. The molecule has 2 aromatic rings. The zero-order chi connectivity index (χ0) is 18.1. The fraction of sp³-hybridized carbons (Fsp3) is 0.350. The van der Waals surface area contributed by atoms with Crippen LogP contribution in [0.25, 0.3) is 0 Å². The van der Waals surface area contributed by atoms with Gasteiger partial charge in [-0.2, -0.15) is 0 Å². The van der Waals surface area contributed by atoms with Crippen molar-refractivity contribution >= 4 is 5.91 Å². The molecular weight excluding hydrogens is 338 g/mol. The maximum absolute atomic E-state index is 13.4. The van der Waals surface area contributed by atoms with Gasteiger partial charge in [0.2, 0.25) is 0 Å². The molecule has 0 radical (unpaired) electrons. The number of ether oxygens (including phenoxy) is 1. The van der Waals surface area contributed by atoms with Gasteiger partial charge in [-0.25, -0.2) is 8.78 Å². The van der Waals surface area contributed by atoms with Crippen molar-refractivity contribution in [1.82, 2.24) is 9.80 Å². The number of nitrogens with zero attached hydrogens (tertiary/aromatic N) is 2. The molecule has 0 bridgehead atoms. The van der Waals surface area contributed by atoms with Gasteiger partial charge < -0.3 is 9.64 Å². The van der Waals surface area contributed by atoms with Gasteiger partial charge >= 0.3 is 0 Å². The van der Waals surface area contributed by atoms with Crippen LogP contribution in [-0.2, 0) is 0 Å². The van der Waals surface area contributed by atoms with Crippen LogP contribution >= 0.6 is 0 Å². The molecule has 0 aromatic heterocycles. The van der Waals surface area contributed by atoms with E-state index in [1.165, 1.54) is 11.6 Å². The predicted molar refractivity (Wildman–Crippen MR) is 93.1 cm³/mol.